The van der Waals surface area contributed by atoms with Crippen LogP contribution in [0.2, 0.25) is 0 Å². The van der Waals surface area contributed by atoms with Crippen LogP contribution in [-0.2, 0) is 0 Å². The highest BCUT2D eigenvalue weighted by molar-refractivity contribution is 5.37. The first kappa shape index (κ1) is 12.5. The van der Waals surface area contributed by atoms with Crippen molar-refractivity contribution >= 4 is 0 Å². The van der Waals surface area contributed by atoms with Crippen molar-refractivity contribution in [3.05, 3.63) is 71.8 Å². The van der Waals surface area contributed by atoms with Crippen molar-refractivity contribution in [3.63, 3.8) is 0 Å². The van der Waals surface area contributed by atoms with E-state index in [1.807, 2.05) is 18.2 Å². The zero-order chi connectivity index (χ0) is 12.6. The lowest BCUT2D eigenvalue weighted by molar-refractivity contribution is 0.734. The average Bonchev–Trinajstić information content (AvgIpc) is 2.45. The summed E-state index contributed by atoms with van der Waals surface area (Å²) in [7, 11) is 0. The number of rotatable bonds is 3. The molecule has 0 bridgehead atoms. The fourth-order valence-corrected chi connectivity index (χ4v) is 1.99. The van der Waals surface area contributed by atoms with E-state index in [0.717, 1.165) is 18.4 Å². The minimum absolute atomic E-state index is 0.344. The van der Waals surface area contributed by atoms with E-state index >= 15 is 0 Å². The molecule has 0 amide bonds. The van der Waals surface area contributed by atoms with E-state index in [1.54, 1.807) is 0 Å². The Bertz CT molecular complexity index is 514. The van der Waals surface area contributed by atoms with Crippen molar-refractivity contribution in [1.82, 2.24) is 0 Å². The second kappa shape index (κ2) is 6.67. The minimum atomic E-state index is 0.344. The van der Waals surface area contributed by atoms with Gasteiger partial charge >= 0.3 is 0 Å². The SMILES string of the molecule is CCC[C@@H](C#Cc1ccccc1)c1ccccc1. The van der Waals surface area contributed by atoms with E-state index in [2.05, 4.69) is 61.2 Å². The normalized spacial score (nSPS) is 11.4. The van der Waals surface area contributed by atoms with Gasteiger partial charge in [-0.25, -0.2) is 0 Å². The van der Waals surface area contributed by atoms with E-state index in [0.29, 0.717) is 5.92 Å². The first-order chi connectivity index (χ1) is 8.90. The summed E-state index contributed by atoms with van der Waals surface area (Å²) in [5, 5.41) is 0. The lowest BCUT2D eigenvalue weighted by Gasteiger charge is -2.09. The van der Waals surface area contributed by atoms with Gasteiger partial charge in [0.2, 0.25) is 0 Å². The Morgan fingerprint density at radius 3 is 2.11 bits per heavy atom. The van der Waals surface area contributed by atoms with Crippen molar-refractivity contribution in [2.45, 2.75) is 25.7 Å². The zero-order valence-corrected chi connectivity index (χ0v) is 10.8. The summed E-state index contributed by atoms with van der Waals surface area (Å²) in [6.07, 6.45) is 2.27. The second-order valence-electron chi connectivity index (χ2n) is 4.39. The summed E-state index contributed by atoms with van der Waals surface area (Å²) in [6, 6.07) is 20.7. The lowest BCUT2D eigenvalue weighted by Crippen LogP contribution is -1.95. The molecule has 0 saturated carbocycles. The highest BCUT2D eigenvalue weighted by atomic mass is 14.1. The highest BCUT2D eigenvalue weighted by Gasteiger charge is 2.05. The third-order valence-electron chi connectivity index (χ3n) is 2.94. The molecule has 0 N–H and O–H groups in total. The Balaban J connectivity index is 2.20. The summed E-state index contributed by atoms with van der Waals surface area (Å²) >= 11 is 0. The van der Waals surface area contributed by atoms with Gasteiger partial charge in [-0.3, -0.25) is 0 Å². The molecule has 2 aromatic carbocycles. The Kier molecular flexibility index (Phi) is 4.61. The molecule has 2 rings (SSSR count). The van der Waals surface area contributed by atoms with Crippen molar-refractivity contribution in [2.75, 3.05) is 0 Å². The molecule has 0 aliphatic carbocycles. The maximum atomic E-state index is 3.40. The summed E-state index contributed by atoms with van der Waals surface area (Å²) in [5.41, 5.74) is 2.41. The quantitative estimate of drug-likeness (QED) is 0.680. The van der Waals surface area contributed by atoms with Crippen molar-refractivity contribution in [2.24, 2.45) is 0 Å². The molecule has 1 atom stereocenters. The van der Waals surface area contributed by atoms with E-state index in [1.165, 1.54) is 5.56 Å². The number of benzene rings is 2. The second-order valence-corrected chi connectivity index (χ2v) is 4.39. The van der Waals surface area contributed by atoms with Crippen LogP contribution in [-0.4, -0.2) is 0 Å². The summed E-state index contributed by atoms with van der Waals surface area (Å²) in [6.45, 7) is 2.21. The van der Waals surface area contributed by atoms with E-state index < -0.39 is 0 Å². The van der Waals surface area contributed by atoms with Crippen LogP contribution < -0.4 is 0 Å². The fraction of sp³-hybridized carbons (Fsp3) is 0.222. The van der Waals surface area contributed by atoms with Gasteiger partial charge in [0.1, 0.15) is 0 Å². The topological polar surface area (TPSA) is 0 Å². The molecule has 0 unspecified atom stereocenters. The van der Waals surface area contributed by atoms with Gasteiger partial charge in [0.25, 0.3) is 0 Å². The molecule has 0 heteroatoms. The number of hydrogen-bond acceptors (Lipinski definition) is 0. The molecule has 0 fully saturated rings. The molecule has 0 nitrogen and oxygen atoms in total. The van der Waals surface area contributed by atoms with Crippen LogP contribution in [0.15, 0.2) is 60.7 Å². The average molecular weight is 234 g/mol. The van der Waals surface area contributed by atoms with Gasteiger partial charge in [0, 0.05) is 11.5 Å². The van der Waals surface area contributed by atoms with Crippen LogP contribution in [0.5, 0.6) is 0 Å². The minimum Gasteiger partial charge on any atom is -0.0897 e. The zero-order valence-electron chi connectivity index (χ0n) is 10.8. The molecule has 90 valence electrons. The molecule has 0 aliphatic heterocycles. The van der Waals surface area contributed by atoms with Gasteiger partial charge in [0.05, 0.1) is 0 Å². The first-order valence-electron chi connectivity index (χ1n) is 6.51. The van der Waals surface area contributed by atoms with Gasteiger partial charge in [0.15, 0.2) is 0 Å². The maximum Gasteiger partial charge on any atom is 0.0455 e. The van der Waals surface area contributed by atoms with Gasteiger partial charge in [-0.1, -0.05) is 73.7 Å². The van der Waals surface area contributed by atoms with E-state index in [9.17, 15) is 0 Å². The third kappa shape index (κ3) is 3.50. The lowest BCUT2D eigenvalue weighted by atomic mass is 9.95. The molecule has 0 heterocycles. The third-order valence-corrected chi connectivity index (χ3v) is 2.94. The highest BCUT2D eigenvalue weighted by Crippen LogP contribution is 2.20. The van der Waals surface area contributed by atoms with Crippen molar-refractivity contribution in [3.8, 4) is 11.8 Å². The van der Waals surface area contributed by atoms with Gasteiger partial charge in [-0.05, 0) is 24.1 Å². The Labute approximate surface area is 110 Å². The van der Waals surface area contributed by atoms with E-state index in [4.69, 9.17) is 0 Å². The van der Waals surface area contributed by atoms with Crippen molar-refractivity contribution in [1.29, 1.82) is 0 Å². The first-order valence-corrected chi connectivity index (χ1v) is 6.51. The summed E-state index contributed by atoms with van der Waals surface area (Å²) in [5.74, 6) is 7.03. The monoisotopic (exact) mass is 234 g/mol. The van der Waals surface area contributed by atoms with Crippen LogP contribution in [0.3, 0.4) is 0 Å². The molecule has 0 aromatic heterocycles. The molecule has 18 heavy (non-hydrogen) atoms. The molecule has 2 aromatic rings. The van der Waals surface area contributed by atoms with Crippen molar-refractivity contribution < 1.29 is 0 Å². The largest absolute Gasteiger partial charge is 0.0897 e. The van der Waals surface area contributed by atoms with Gasteiger partial charge < -0.3 is 0 Å². The molecule has 0 aliphatic rings. The van der Waals surface area contributed by atoms with Gasteiger partial charge in [-0.2, -0.15) is 0 Å². The standard InChI is InChI=1S/C18H18/c1-2-9-17(18-12-7-4-8-13-18)15-14-16-10-5-3-6-11-16/h3-8,10-13,17H,2,9H2,1H3/t17-/m0/s1. The predicted octanol–water partition coefficient (Wildman–Crippen LogP) is 4.62. The maximum absolute atomic E-state index is 3.40. The molecular weight excluding hydrogens is 216 g/mol. The predicted molar refractivity (Wildman–Crippen MR) is 77.4 cm³/mol. The molecule has 0 radical (unpaired) electrons. The van der Waals surface area contributed by atoms with Crippen LogP contribution in [0, 0.1) is 11.8 Å². The molecule has 0 saturated heterocycles. The van der Waals surface area contributed by atoms with Crippen LogP contribution >= 0.6 is 0 Å². The van der Waals surface area contributed by atoms with Crippen LogP contribution in [0.1, 0.15) is 36.8 Å². The van der Waals surface area contributed by atoms with Gasteiger partial charge in [-0.15, -0.1) is 0 Å². The fourth-order valence-electron chi connectivity index (χ4n) is 1.99. The van der Waals surface area contributed by atoms with Crippen LogP contribution in [0.4, 0.5) is 0 Å². The summed E-state index contributed by atoms with van der Waals surface area (Å²) in [4.78, 5) is 0. The molecule has 0 spiro atoms. The Hall–Kier alpha value is -2.00. The Morgan fingerprint density at radius 1 is 0.889 bits per heavy atom. The Morgan fingerprint density at radius 2 is 1.50 bits per heavy atom. The number of hydrogen-bond donors (Lipinski definition) is 0. The smallest absolute Gasteiger partial charge is 0.0455 e. The summed E-state index contributed by atoms with van der Waals surface area (Å²) < 4.78 is 0. The van der Waals surface area contributed by atoms with E-state index in [-0.39, 0.29) is 0 Å². The van der Waals surface area contributed by atoms with Crippen LogP contribution in [0.25, 0.3) is 0 Å². The molecular formula is C18H18.